The molecule has 2 aliphatic heterocycles. The Morgan fingerprint density at radius 3 is 2.81 bits per heavy atom. The van der Waals surface area contributed by atoms with Crippen LogP contribution in [0.1, 0.15) is 36.8 Å². The maximum atomic E-state index is 10.5. The van der Waals surface area contributed by atoms with Crippen LogP contribution in [-0.2, 0) is 15.9 Å². The maximum absolute atomic E-state index is 10.5. The Morgan fingerprint density at radius 2 is 2.10 bits per heavy atom. The highest BCUT2D eigenvalue weighted by Gasteiger charge is 2.42. The van der Waals surface area contributed by atoms with Gasteiger partial charge in [-0.15, -0.1) is 0 Å². The highest BCUT2D eigenvalue weighted by Crippen LogP contribution is 2.37. The molecule has 0 amide bonds. The predicted molar refractivity (Wildman–Crippen MR) is 82.3 cm³/mol. The van der Waals surface area contributed by atoms with Crippen molar-refractivity contribution in [2.24, 2.45) is 5.92 Å². The third kappa shape index (κ3) is 3.65. The van der Waals surface area contributed by atoms with Crippen LogP contribution in [0.5, 0.6) is 0 Å². The Kier molecular flexibility index (Phi) is 4.63. The van der Waals surface area contributed by atoms with Crippen LogP contribution in [0.25, 0.3) is 0 Å². The van der Waals surface area contributed by atoms with Crippen molar-refractivity contribution in [2.45, 2.75) is 50.7 Å². The van der Waals surface area contributed by atoms with Crippen molar-refractivity contribution in [1.29, 1.82) is 0 Å². The first-order chi connectivity index (χ1) is 10.2. The van der Waals surface area contributed by atoms with Gasteiger partial charge in [0.1, 0.15) is 0 Å². The van der Waals surface area contributed by atoms with Crippen LogP contribution in [-0.4, -0.2) is 36.6 Å². The second kappa shape index (κ2) is 6.47. The molecule has 21 heavy (non-hydrogen) atoms. The Bertz CT molecular complexity index is 448. The van der Waals surface area contributed by atoms with E-state index in [0.29, 0.717) is 12.5 Å². The molecule has 2 aliphatic rings. The zero-order valence-corrected chi connectivity index (χ0v) is 12.9. The SMILES string of the molecule is Cc1ccc(CCC(O)C2CCOC3(CCOC3)C2)cc1. The monoisotopic (exact) mass is 290 g/mol. The number of benzene rings is 1. The van der Waals surface area contributed by atoms with Crippen LogP contribution < -0.4 is 0 Å². The minimum Gasteiger partial charge on any atom is -0.393 e. The standard InChI is InChI=1S/C18H26O3/c1-14-2-4-15(5-3-14)6-7-17(19)16-8-10-21-18(12-16)9-11-20-13-18/h2-5,16-17,19H,6-13H2,1H3. The summed E-state index contributed by atoms with van der Waals surface area (Å²) < 4.78 is 11.4. The molecule has 0 aliphatic carbocycles. The highest BCUT2D eigenvalue weighted by atomic mass is 16.6. The average molecular weight is 290 g/mol. The normalized spacial score (nSPS) is 30.7. The lowest BCUT2D eigenvalue weighted by molar-refractivity contribution is -0.117. The van der Waals surface area contributed by atoms with Gasteiger partial charge in [0.05, 0.1) is 18.3 Å². The van der Waals surface area contributed by atoms with Crippen LogP contribution in [0.3, 0.4) is 0 Å². The minimum absolute atomic E-state index is 0.103. The van der Waals surface area contributed by atoms with Crippen molar-refractivity contribution in [1.82, 2.24) is 0 Å². The smallest absolute Gasteiger partial charge is 0.0940 e. The number of aliphatic hydroxyl groups is 1. The Hall–Kier alpha value is -0.900. The van der Waals surface area contributed by atoms with Gasteiger partial charge in [-0.05, 0) is 44.1 Å². The molecule has 2 heterocycles. The predicted octanol–water partition coefficient (Wildman–Crippen LogP) is 2.87. The summed E-state index contributed by atoms with van der Waals surface area (Å²) in [5, 5.41) is 10.5. The summed E-state index contributed by atoms with van der Waals surface area (Å²) in [7, 11) is 0. The molecule has 3 nitrogen and oxygen atoms in total. The summed E-state index contributed by atoms with van der Waals surface area (Å²) in [6.07, 6.45) is 4.45. The lowest BCUT2D eigenvalue weighted by Gasteiger charge is -2.39. The molecule has 0 aromatic heterocycles. The molecule has 3 unspecified atom stereocenters. The molecule has 3 atom stereocenters. The lowest BCUT2D eigenvalue weighted by atomic mass is 9.81. The summed E-state index contributed by atoms with van der Waals surface area (Å²) in [5.41, 5.74) is 2.49. The summed E-state index contributed by atoms with van der Waals surface area (Å²) in [6.45, 7) is 4.36. The van der Waals surface area contributed by atoms with Gasteiger partial charge in [0.15, 0.2) is 0 Å². The summed E-state index contributed by atoms with van der Waals surface area (Å²) in [6, 6.07) is 8.61. The molecule has 1 N–H and O–H groups in total. The van der Waals surface area contributed by atoms with E-state index in [1.807, 2.05) is 0 Å². The molecule has 3 heteroatoms. The van der Waals surface area contributed by atoms with Crippen molar-refractivity contribution in [3.05, 3.63) is 35.4 Å². The zero-order valence-electron chi connectivity index (χ0n) is 12.9. The molecular formula is C18H26O3. The van der Waals surface area contributed by atoms with E-state index in [4.69, 9.17) is 9.47 Å². The number of rotatable bonds is 4. The third-order valence-electron chi connectivity index (χ3n) is 4.99. The second-order valence-electron chi connectivity index (χ2n) is 6.68. The van der Waals surface area contributed by atoms with Gasteiger partial charge >= 0.3 is 0 Å². The van der Waals surface area contributed by atoms with Crippen molar-refractivity contribution in [3.8, 4) is 0 Å². The van der Waals surface area contributed by atoms with E-state index in [-0.39, 0.29) is 11.7 Å². The van der Waals surface area contributed by atoms with Gasteiger partial charge in [-0.2, -0.15) is 0 Å². The molecule has 116 valence electrons. The number of hydrogen-bond donors (Lipinski definition) is 1. The molecule has 0 radical (unpaired) electrons. The highest BCUT2D eigenvalue weighted by molar-refractivity contribution is 5.21. The van der Waals surface area contributed by atoms with Crippen LogP contribution >= 0.6 is 0 Å². The van der Waals surface area contributed by atoms with Crippen LogP contribution in [0, 0.1) is 12.8 Å². The first-order valence-corrected chi connectivity index (χ1v) is 8.12. The average Bonchev–Trinajstić information content (AvgIpc) is 2.94. The molecule has 0 bridgehead atoms. The van der Waals surface area contributed by atoms with Crippen molar-refractivity contribution >= 4 is 0 Å². The van der Waals surface area contributed by atoms with Gasteiger partial charge in [0.25, 0.3) is 0 Å². The van der Waals surface area contributed by atoms with Crippen LogP contribution in [0.15, 0.2) is 24.3 Å². The fourth-order valence-electron chi connectivity index (χ4n) is 3.56. The molecule has 1 spiro atoms. The topological polar surface area (TPSA) is 38.7 Å². The largest absolute Gasteiger partial charge is 0.393 e. The van der Waals surface area contributed by atoms with Gasteiger partial charge in [-0.1, -0.05) is 29.8 Å². The van der Waals surface area contributed by atoms with E-state index in [1.165, 1.54) is 11.1 Å². The van der Waals surface area contributed by atoms with E-state index >= 15 is 0 Å². The van der Waals surface area contributed by atoms with E-state index in [0.717, 1.165) is 45.3 Å². The summed E-state index contributed by atoms with van der Waals surface area (Å²) >= 11 is 0. The zero-order chi connectivity index (χ0) is 14.7. The van der Waals surface area contributed by atoms with Crippen LogP contribution in [0.2, 0.25) is 0 Å². The first kappa shape index (κ1) is 15.0. The number of ether oxygens (including phenoxy) is 2. The third-order valence-corrected chi connectivity index (χ3v) is 4.99. The molecular weight excluding hydrogens is 264 g/mol. The van der Waals surface area contributed by atoms with Gasteiger partial charge < -0.3 is 14.6 Å². The maximum Gasteiger partial charge on any atom is 0.0940 e. The quantitative estimate of drug-likeness (QED) is 0.926. The minimum atomic E-state index is -0.229. The molecule has 0 saturated carbocycles. The number of aryl methyl sites for hydroxylation is 2. The molecule has 3 rings (SSSR count). The number of aliphatic hydroxyl groups excluding tert-OH is 1. The first-order valence-electron chi connectivity index (χ1n) is 8.12. The van der Waals surface area contributed by atoms with Crippen molar-refractivity contribution in [2.75, 3.05) is 19.8 Å². The molecule has 1 aromatic carbocycles. The van der Waals surface area contributed by atoms with Gasteiger partial charge in [0.2, 0.25) is 0 Å². The summed E-state index contributed by atoms with van der Waals surface area (Å²) in [4.78, 5) is 0. The fraction of sp³-hybridized carbons (Fsp3) is 0.667. The summed E-state index contributed by atoms with van der Waals surface area (Å²) in [5.74, 6) is 0.353. The van der Waals surface area contributed by atoms with Crippen molar-refractivity contribution < 1.29 is 14.6 Å². The Morgan fingerprint density at radius 1 is 1.29 bits per heavy atom. The van der Waals surface area contributed by atoms with Crippen molar-refractivity contribution in [3.63, 3.8) is 0 Å². The molecule has 2 saturated heterocycles. The van der Waals surface area contributed by atoms with E-state index in [9.17, 15) is 5.11 Å². The lowest BCUT2D eigenvalue weighted by Crippen LogP contribution is -2.43. The van der Waals surface area contributed by atoms with Gasteiger partial charge in [0, 0.05) is 19.6 Å². The molecule has 2 fully saturated rings. The molecule has 1 aromatic rings. The van der Waals surface area contributed by atoms with Crippen LogP contribution in [0.4, 0.5) is 0 Å². The van der Waals surface area contributed by atoms with E-state index < -0.39 is 0 Å². The second-order valence-corrected chi connectivity index (χ2v) is 6.68. The fourth-order valence-corrected chi connectivity index (χ4v) is 3.56. The Balaban J connectivity index is 1.52. The Labute approximate surface area is 127 Å². The van der Waals surface area contributed by atoms with Gasteiger partial charge in [-0.3, -0.25) is 0 Å². The number of hydrogen-bond acceptors (Lipinski definition) is 3. The van der Waals surface area contributed by atoms with E-state index in [1.54, 1.807) is 0 Å². The van der Waals surface area contributed by atoms with Gasteiger partial charge in [-0.25, -0.2) is 0 Å². The van der Waals surface area contributed by atoms with E-state index in [2.05, 4.69) is 31.2 Å².